The average molecular weight is 523 g/mol. The lowest BCUT2D eigenvalue weighted by atomic mass is 10.0. The SMILES string of the molecule is CC(CNC(=O)c1ccc(/C=C2/Sc3ccccc3N(Cc3ccccc3F)C2=O)cc1)c1ccccc1. The molecular weight excluding hydrogens is 495 g/mol. The molecule has 0 spiro atoms. The van der Waals surface area contributed by atoms with Gasteiger partial charge in [0.2, 0.25) is 0 Å². The van der Waals surface area contributed by atoms with Crippen LogP contribution in [0, 0.1) is 5.82 Å². The summed E-state index contributed by atoms with van der Waals surface area (Å²) in [6.45, 7) is 2.76. The standard InChI is InChI=1S/C32H27FN2O2S/c1-22(24-9-3-2-4-10-24)20-34-31(36)25-17-15-23(16-18-25)19-30-32(37)35(21-26-11-5-6-12-27(26)33)28-13-7-8-14-29(28)38-30/h2-19,22H,20-21H2,1H3,(H,34,36)/b30-19+. The number of nitrogens with zero attached hydrogens (tertiary/aromatic N) is 1. The second kappa shape index (κ2) is 11.5. The minimum absolute atomic E-state index is 0.139. The largest absolute Gasteiger partial charge is 0.351 e. The van der Waals surface area contributed by atoms with Crippen LogP contribution in [0.25, 0.3) is 6.08 Å². The zero-order chi connectivity index (χ0) is 26.5. The number of benzene rings is 4. The van der Waals surface area contributed by atoms with Crippen LogP contribution < -0.4 is 10.2 Å². The molecule has 190 valence electrons. The van der Waals surface area contributed by atoms with E-state index in [0.717, 1.165) is 16.1 Å². The Balaban J connectivity index is 1.31. The first-order valence-corrected chi connectivity index (χ1v) is 13.3. The van der Waals surface area contributed by atoms with Gasteiger partial charge in [-0.25, -0.2) is 4.39 Å². The van der Waals surface area contributed by atoms with Gasteiger partial charge in [-0.1, -0.05) is 91.5 Å². The van der Waals surface area contributed by atoms with Crippen molar-refractivity contribution in [3.8, 4) is 0 Å². The number of carbonyl (C=O) groups excluding carboxylic acids is 2. The van der Waals surface area contributed by atoms with E-state index in [0.29, 0.717) is 22.6 Å². The van der Waals surface area contributed by atoms with Crippen molar-refractivity contribution in [3.05, 3.63) is 136 Å². The first-order chi connectivity index (χ1) is 18.5. The van der Waals surface area contributed by atoms with Crippen LogP contribution in [0.4, 0.5) is 10.1 Å². The topological polar surface area (TPSA) is 49.4 Å². The molecule has 0 radical (unpaired) electrons. The van der Waals surface area contributed by atoms with E-state index in [1.165, 1.54) is 23.4 Å². The molecule has 0 aromatic heterocycles. The molecule has 38 heavy (non-hydrogen) atoms. The molecule has 1 N–H and O–H groups in total. The number of hydrogen-bond donors (Lipinski definition) is 1. The van der Waals surface area contributed by atoms with Gasteiger partial charge in [-0.2, -0.15) is 0 Å². The number of para-hydroxylation sites is 1. The van der Waals surface area contributed by atoms with Gasteiger partial charge in [0.1, 0.15) is 5.82 Å². The number of hydrogen-bond acceptors (Lipinski definition) is 3. The van der Waals surface area contributed by atoms with E-state index in [1.807, 2.05) is 60.7 Å². The zero-order valence-electron chi connectivity index (χ0n) is 20.9. The lowest BCUT2D eigenvalue weighted by Crippen LogP contribution is -2.34. The summed E-state index contributed by atoms with van der Waals surface area (Å²) < 4.78 is 14.4. The molecular formula is C32H27FN2O2S. The molecule has 0 saturated heterocycles. The van der Waals surface area contributed by atoms with Gasteiger partial charge >= 0.3 is 0 Å². The highest BCUT2D eigenvalue weighted by atomic mass is 32.2. The minimum Gasteiger partial charge on any atom is -0.351 e. The maximum atomic E-state index is 14.4. The van der Waals surface area contributed by atoms with E-state index in [2.05, 4.69) is 24.4 Å². The van der Waals surface area contributed by atoms with E-state index in [4.69, 9.17) is 0 Å². The van der Waals surface area contributed by atoms with Gasteiger partial charge in [0.25, 0.3) is 11.8 Å². The van der Waals surface area contributed by atoms with E-state index in [1.54, 1.807) is 35.2 Å². The monoisotopic (exact) mass is 522 g/mol. The van der Waals surface area contributed by atoms with Crippen LogP contribution in [-0.4, -0.2) is 18.4 Å². The Bertz CT molecular complexity index is 1490. The van der Waals surface area contributed by atoms with Crippen molar-refractivity contribution in [3.63, 3.8) is 0 Å². The molecule has 5 rings (SSSR count). The summed E-state index contributed by atoms with van der Waals surface area (Å²) in [5.41, 5.74) is 3.76. The maximum Gasteiger partial charge on any atom is 0.265 e. The van der Waals surface area contributed by atoms with Gasteiger partial charge < -0.3 is 10.2 Å². The Morgan fingerprint density at radius 1 is 0.921 bits per heavy atom. The number of rotatable bonds is 7. The third-order valence-corrected chi connectivity index (χ3v) is 7.60. The molecule has 4 aromatic rings. The molecule has 0 aliphatic carbocycles. The smallest absolute Gasteiger partial charge is 0.265 e. The Labute approximate surface area is 226 Å². The fraction of sp³-hybridized carbons (Fsp3) is 0.125. The van der Waals surface area contributed by atoms with Crippen LogP contribution in [0.2, 0.25) is 0 Å². The van der Waals surface area contributed by atoms with Crippen LogP contribution >= 0.6 is 11.8 Å². The molecule has 4 nitrogen and oxygen atoms in total. The van der Waals surface area contributed by atoms with Crippen LogP contribution in [-0.2, 0) is 11.3 Å². The lowest BCUT2D eigenvalue weighted by molar-refractivity contribution is -0.114. The van der Waals surface area contributed by atoms with E-state index >= 15 is 0 Å². The number of carbonyl (C=O) groups is 2. The summed E-state index contributed by atoms with van der Waals surface area (Å²) >= 11 is 1.40. The molecule has 1 aliphatic rings. The third kappa shape index (κ3) is 5.71. The number of fused-ring (bicyclic) bond motifs is 1. The predicted molar refractivity (Wildman–Crippen MR) is 151 cm³/mol. The van der Waals surface area contributed by atoms with Gasteiger partial charge in [0.15, 0.2) is 0 Å². The Morgan fingerprint density at radius 3 is 2.37 bits per heavy atom. The van der Waals surface area contributed by atoms with Crippen LogP contribution in [0.5, 0.6) is 0 Å². The third-order valence-electron chi connectivity index (χ3n) is 6.53. The maximum absolute atomic E-state index is 14.4. The molecule has 0 saturated carbocycles. The molecule has 1 heterocycles. The van der Waals surface area contributed by atoms with Gasteiger partial charge in [-0.05, 0) is 53.5 Å². The first-order valence-electron chi connectivity index (χ1n) is 12.5. The van der Waals surface area contributed by atoms with Gasteiger partial charge in [-0.15, -0.1) is 0 Å². The Hall–Kier alpha value is -4.16. The molecule has 0 bridgehead atoms. The number of halogens is 1. The first kappa shape index (κ1) is 25.5. The number of nitrogens with one attached hydrogen (secondary N) is 1. The Kier molecular flexibility index (Phi) is 7.70. The van der Waals surface area contributed by atoms with Crippen molar-refractivity contribution in [1.82, 2.24) is 5.32 Å². The number of amides is 2. The van der Waals surface area contributed by atoms with Crippen LogP contribution in [0.3, 0.4) is 0 Å². The summed E-state index contributed by atoms with van der Waals surface area (Å²) in [6.07, 6.45) is 1.82. The molecule has 1 unspecified atom stereocenters. The summed E-state index contributed by atoms with van der Waals surface area (Å²) in [4.78, 5) is 29.3. The zero-order valence-corrected chi connectivity index (χ0v) is 21.8. The summed E-state index contributed by atoms with van der Waals surface area (Å²) in [5, 5.41) is 3.00. The Morgan fingerprint density at radius 2 is 1.61 bits per heavy atom. The van der Waals surface area contributed by atoms with E-state index in [-0.39, 0.29) is 30.1 Å². The van der Waals surface area contributed by atoms with Gasteiger partial charge in [0.05, 0.1) is 17.1 Å². The van der Waals surface area contributed by atoms with Crippen molar-refractivity contribution in [2.45, 2.75) is 24.3 Å². The summed E-state index contributed by atoms with van der Waals surface area (Å²) in [5.74, 6) is -0.462. The highest BCUT2D eigenvalue weighted by Crippen LogP contribution is 2.42. The highest BCUT2D eigenvalue weighted by molar-refractivity contribution is 8.04. The lowest BCUT2D eigenvalue weighted by Gasteiger charge is -2.30. The molecule has 1 aliphatic heterocycles. The van der Waals surface area contributed by atoms with E-state index < -0.39 is 0 Å². The number of anilines is 1. The van der Waals surface area contributed by atoms with Gasteiger partial charge in [-0.3, -0.25) is 9.59 Å². The molecule has 2 amide bonds. The molecule has 4 aromatic carbocycles. The van der Waals surface area contributed by atoms with Crippen molar-refractivity contribution in [1.29, 1.82) is 0 Å². The fourth-order valence-corrected chi connectivity index (χ4v) is 5.40. The molecule has 1 atom stereocenters. The fourth-order valence-electron chi connectivity index (χ4n) is 4.35. The number of thioether (sulfide) groups is 1. The van der Waals surface area contributed by atoms with Crippen molar-refractivity contribution in [2.75, 3.05) is 11.4 Å². The van der Waals surface area contributed by atoms with Crippen LogP contribution in [0.15, 0.2) is 113 Å². The summed E-state index contributed by atoms with van der Waals surface area (Å²) in [6, 6.07) is 31.4. The molecule has 6 heteroatoms. The molecule has 0 fully saturated rings. The highest BCUT2D eigenvalue weighted by Gasteiger charge is 2.29. The normalized spacial score (nSPS) is 14.7. The minimum atomic E-state index is -0.339. The average Bonchev–Trinajstić information content (AvgIpc) is 2.95. The van der Waals surface area contributed by atoms with E-state index in [9.17, 15) is 14.0 Å². The van der Waals surface area contributed by atoms with Crippen molar-refractivity contribution >= 4 is 35.3 Å². The van der Waals surface area contributed by atoms with Gasteiger partial charge in [0, 0.05) is 22.6 Å². The second-order valence-electron chi connectivity index (χ2n) is 9.20. The second-order valence-corrected chi connectivity index (χ2v) is 10.3. The van der Waals surface area contributed by atoms with Crippen LogP contribution in [0.1, 0.15) is 39.9 Å². The van der Waals surface area contributed by atoms with Crippen molar-refractivity contribution < 1.29 is 14.0 Å². The predicted octanol–water partition coefficient (Wildman–Crippen LogP) is 7.04. The van der Waals surface area contributed by atoms with Crippen molar-refractivity contribution in [2.24, 2.45) is 0 Å². The quantitative estimate of drug-likeness (QED) is 0.265. The summed E-state index contributed by atoms with van der Waals surface area (Å²) in [7, 11) is 0.